The van der Waals surface area contributed by atoms with Gasteiger partial charge < -0.3 is 10.2 Å². The first-order chi connectivity index (χ1) is 22.3. The average molecular weight is 617 g/mol. The number of aliphatic hydroxyl groups is 2. The highest BCUT2D eigenvalue weighted by molar-refractivity contribution is 5.84. The minimum atomic E-state index is -0.448. The van der Waals surface area contributed by atoms with Crippen LogP contribution in [0.5, 0.6) is 0 Å². The topological polar surface area (TPSA) is 72.7 Å². The van der Waals surface area contributed by atoms with Gasteiger partial charge in [0.25, 0.3) is 0 Å². The Hall–Kier alpha value is -3.42. The van der Waals surface area contributed by atoms with E-state index in [0.29, 0.717) is 23.7 Å². The van der Waals surface area contributed by atoms with Gasteiger partial charge in [-0.2, -0.15) is 0 Å². The van der Waals surface area contributed by atoms with Gasteiger partial charge in [-0.25, -0.2) is 0 Å². The van der Waals surface area contributed by atoms with Crippen molar-refractivity contribution in [3.63, 3.8) is 0 Å². The third kappa shape index (κ3) is 5.81. The number of benzene rings is 2. The maximum Gasteiger partial charge on any atom is 0.0952 e. The van der Waals surface area contributed by atoms with E-state index in [-0.39, 0.29) is 12.1 Å². The van der Waals surface area contributed by atoms with Gasteiger partial charge in [0.2, 0.25) is 0 Å². The first kappa shape index (κ1) is 31.2. The minimum Gasteiger partial charge on any atom is -0.387 e. The van der Waals surface area contributed by atoms with Crippen LogP contribution < -0.4 is 0 Å². The van der Waals surface area contributed by atoms with Crippen LogP contribution in [0.3, 0.4) is 0 Å². The van der Waals surface area contributed by atoms with Crippen LogP contribution in [0.1, 0.15) is 60.1 Å². The predicted octanol–water partition coefficient (Wildman–Crippen LogP) is 6.95. The molecule has 0 aliphatic carbocycles. The smallest absolute Gasteiger partial charge is 0.0952 e. The van der Waals surface area contributed by atoms with Crippen molar-refractivity contribution in [3.05, 3.63) is 108 Å². The number of pyridine rings is 2. The summed E-state index contributed by atoms with van der Waals surface area (Å²) in [5.41, 5.74) is 6.38. The summed E-state index contributed by atoms with van der Waals surface area (Å²) in [5.74, 6) is 2.52. The van der Waals surface area contributed by atoms with Gasteiger partial charge in [-0.3, -0.25) is 19.8 Å². The SMILES string of the molecule is C=CC1CN2CCC1CC2C(O)c1ccnc2ccc(C)cc12.C=CC1CN2CCC1CC2[C@@H](O)c1ccnc2ccc(C)cc12. The monoisotopic (exact) mass is 616 g/mol. The Morgan fingerprint density at radius 1 is 0.696 bits per heavy atom. The molecule has 6 fully saturated rings. The van der Waals surface area contributed by atoms with Crippen LogP contribution in [-0.2, 0) is 0 Å². The number of fused-ring (bicyclic) bond motifs is 8. The molecular formula is C40H48N4O2. The Bertz CT molecular complexity index is 1610. The van der Waals surface area contributed by atoms with Gasteiger partial charge in [0.05, 0.1) is 23.2 Å². The highest BCUT2D eigenvalue weighted by atomic mass is 16.3. The molecule has 6 aliphatic rings. The Labute approximate surface area is 273 Å². The van der Waals surface area contributed by atoms with Gasteiger partial charge in [-0.15, -0.1) is 13.2 Å². The fourth-order valence-electron chi connectivity index (χ4n) is 8.90. The van der Waals surface area contributed by atoms with Crippen molar-refractivity contribution >= 4 is 21.8 Å². The van der Waals surface area contributed by atoms with Gasteiger partial charge in [-0.05, 0) is 124 Å². The Morgan fingerprint density at radius 3 is 1.50 bits per heavy atom. The van der Waals surface area contributed by atoms with Crippen LogP contribution in [0.25, 0.3) is 21.8 Å². The van der Waals surface area contributed by atoms with E-state index in [0.717, 1.165) is 72.0 Å². The molecule has 6 saturated heterocycles. The molecule has 10 atom stereocenters. The Morgan fingerprint density at radius 2 is 1.13 bits per heavy atom. The van der Waals surface area contributed by atoms with Crippen LogP contribution in [-0.4, -0.2) is 68.2 Å². The van der Waals surface area contributed by atoms with Crippen molar-refractivity contribution in [1.29, 1.82) is 0 Å². The fourth-order valence-corrected chi connectivity index (χ4v) is 8.90. The van der Waals surface area contributed by atoms with Crippen molar-refractivity contribution in [2.24, 2.45) is 23.7 Å². The first-order valence-electron chi connectivity index (χ1n) is 17.1. The standard InChI is InChI=1S/2C20H24N2O/c2*1-3-14-12-22-9-7-15(14)11-19(22)20(23)16-6-8-21-18-5-4-13(2)10-17(16)18/h2*3-6,8,10,14-15,19-20,23H,1,7,9,11-12H2,2H3/t14?,15?,19?,20-;/m0./s1. The second kappa shape index (κ2) is 13.0. The zero-order valence-electron chi connectivity index (χ0n) is 27.3. The van der Waals surface area contributed by atoms with Crippen molar-refractivity contribution in [2.45, 2.75) is 63.8 Å². The van der Waals surface area contributed by atoms with E-state index in [4.69, 9.17) is 0 Å². The molecular weight excluding hydrogens is 568 g/mol. The average Bonchev–Trinajstić information content (AvgIpc) is 3.10. The molecule has 2 aromatic heterocycles. The van der Waals surface area contributed by atoms with Crippen LogP contribution >= 0.6 is 0 Å². The van der Waals surface area contributed by atoms with Crippen molar-refractivity contribution in [3.8, 4) is 0 Å². The molecule has 4 bridgehead atoms. The highest BCUT2D eigenvalue weighted by Gasteiger charge is 2.43. The van der Waals surface area contributed by atoms with Crippen molar-refractivity contribution < 1.29 is 10.2 Å². The van der Waals surface area contributed by atoms with Crippen molar-refractivity contribution in [1.82, 2.24) is 19.8 Å². The number of aryl methyl sites for hydroxylation is 2. The molecule has 8 heterocycles. The number of hydrogen-bond acceptors (Lipinski definition) is 6. The lowest BCUT2D eigenvalue weighted by Crippen LogP contribution is -2.54. The zero-order chi connectivity index (χ0) is 31.9. The van der Waals surface area contributed by atoms with Gasteiger partial charge in [0.15, 0.2) is 0 Å². The quantitative estimate of drug-likeness (QED) is 0.229. The molecule has 0 saturated carbocycles. The molecule has 9 unspecified atom stereocenters. The summed E-state index contributed by atoms with van der Waals surface area (Å²) in [6.07, 6.45) is 11.5. The number of aliphatic hydroxyl groups excluding tert-OH is 2. The Kier molecular flexibility index (Phi) is 8.81. The molecule has 2 aromatic carbocycles. The third-order valence-electron chi connectivity index (χ3n) is 11.5. The molecule has 0 radical (unpaired) electrons. The molecule has 240 valence electrons. The molecule has 6 aliphatic heterocycles. The van der Waals surface area contributed by atoms with Crippen LogP contribution in [0.4, 0.5) is 0 Å². The molecule has 6 nitrogen and oxygen atoms in total. The van der Waals surface area contributed by atoms with E-state index < -0.39 is 12.2 Å². The summed E-state index contributed by atoms with van der Waals surface area (Å²) >= 11 is 0. The van der Waals surface area contributed by atoms with E-state index in [2.05, 4.69) is 83.2 Å². The molecule has 0 spiro atoms. The molecule has 10 rings (SSSR count). The molecule has 4 aromatic rings. The van der Waals surface area contributed by atoms with Gasteiger partial charge in [0.1, 0.15) is 0 Å². The van der Waals surface area contributed by atoms with E-state index in [1.165, 1.54) is 24.0 Å². The van der Waals surface area contributed by atoms with E-state index in [1.54, 1.807) is 0 Å². The summed E-state index contributed by atoms with van der Waals surface area (Å²) in [4.78, 5) is 13.8. The summed E-state index contributed by atoms with van der Waals surface area (Å²) < 4.78 is 0. The van der Waals surface area contributed by atoms with Crippen molar-refractivity contribution in [2.75, 3.05) is 26.2 Å². The van der Waals surface area contributed by atoms with E-state index >= 15 is 0 Å². The minimum absolute atomic E-state index is 0.219. The van der Waals surface area contributed by atoms with Crippen LogP contribution in [0.2, 0.25) is 0 Å². The zero-order valence-corrected chi connectivity index (χ0v) is 27.3. The van der Waals surface area contributed by atoms with Gasteiger partial charge in [0, 0.05) is 48.3 Å². The van der Waals surface area contributed by atoms with Gasteiger partial charge in [-0.1, -0.05) is 35.4 Å². The number of nitrogens with zero attached hydrogens (tertiary/aromatic N) is 4. The van der Waals surface area contributed by atoms with E-state index in [1.807, 2.05) is 36.7 Å². The normalized spacial score (nSPS) is 31.2. The largest absolute Gasteiger partial charge is 0.387 e. The number of hydrogen-bond donors (Lipinski definition) is 2. The molecule has 46 heavy (non-hydrogen) atoms. The molecule has 0 amide bonds. The highest BCUT2D eigenvalue weighted by Crippen LogP contribution is 2.43. The van der Waals surface area contributed by atoms with Gasteiger partial charge >= 0.3 is 0 Å². The summed E-state index contributed by atoms with van der Waals surface area (Å²) in [5, 5.41) is 24.4. The summed E-state index contributed by atoms with van der Waals surface area (Å²) in [7, 11) is 0. The number of piperidine rings is 6. The number of rotatable bonds is 6. The van der Waals surface area contributed by atoms with Crippen LogP contribution in [0, 0.1) is 37.5 Å². The summed E-state index contributed by atoms with van der Waals surface area (Å²) in [6, 6.07) is 16.9. The lowest BCUT2D eigenvalue weighted by molar-refractivity contribution is -0.0445. The molecule has 6 heteroatoms. The summed E-state index contributed by atoms with van der Waals surface area (Å²) in [6.45, 7) is 16.4. The molecule has 2 N–H and O–H groups in total. The lowest BCUT2D eigenvalue weighted by Gasteiger charge is -2.50. The maximum atomic E-state index is 11.1. The number of aromatic nitrogens is 2. The lowest BCUT2D eigenvalue weighted by atomic mass is 9.73. The second-order valence-corrected chi connectivity index (χ2v) is 14.2. The van der Waals surface area contributed by atoms with Crippen LogP contribution in [0.15, 0.2) is 86.2 Å². The second-order valence-electron chi connectivity index (χ2n) is 14.2. The third-order valence-corrected chi connectivity index (χ3v) is 11.5. The fraction of sp³-hybridized carbons (Fsp3) is 0.450. The maximum absolute atomic E-state index is 11.1. The first-order valence-corrected chi connectivity index (χ1v) is 17.1. The predicted molar refractivity (Wildman–Crippen MR) is 186 cm³/mol. The Balaban J connectivity index is 0.000000147. The van der Waals surface area contributed by atoms with E-state index in [9.17, 15) is 10.2 Å².